The molecular weight excluding hydrogens is 991 g/mol. The van der Waals surface area contributed by atoms with Crippen LogP contribution in [0.1, 0.15) is 70.2 Å². The van der Waals surface area contributed by atoms with Crippen molar-refractivity contribution >= 4 is 53.3 Å². The minimum absolute atomic E-state index is 0.0195. The number of aromatic hydroxyl groups is 1. The molecule has 0 bridgehead atoms. The minimum Gasteiger partial charge on any atom is -0.508 e. The van der Waals surface area contributed by atoms with E-state index in [2.05, 4.69) is 52.2 Å². The number of amides is 7. The van der Waals surface area contributed by atoms with E-state index in [1.165, 1.54) is 29.6 Å². The lowest BCUT2D eigenvalue weighted by Gasteiger charge is -2.31. The lowest BCUT2D eigenvalue weighted by Crippen LogP contribution is -2.61. The van der Waals surface area contributed by atoms with Crippen molar-refractivity contribution in [3.8, 4) is 16.9 Å². The third-order valence-electron chi connectivity index (χ3n) is 13.0. The van der Waals surface area contributed by atoms with Gasteiger partial charge in [-0.25, -0.2) is 9.78 Å². The van der Waals surface area contributed by atoms with Gasteiger partial charge in [0.15, 0.2) is 5.96 Å². The SMILES string of the molecule is CNCC(=O)N[C@@H](CCCN=C(N)N)C(=O)N[C@H](C(=O)N[C@@H](Cc1ccc(O)cc1)C(=O)N[C@H](C(=O)N[C@@H](Cc1cnc[nH]1)C(=O)N1CCC[C@@H]1C(=O)N[C@H](Cc1ccc(-c2ccccc2)cc1)C(=O)O)C(C)C)C(C)C. The fraction of sp³-hybridized carbons (Fsp3) is 0.444. The van der Waals surface area contributed by atoms with Crippen molar-refractivity contribution < 1.29 is 48.6 Å². The van der Waals surface area contributed by atoms with Gasteiger partial charge in [0.25, 0.3) is 0 Å². The fourth-order valence-electron chi connectivity index (χ4n) is 8.84. The Balaban J connectivity index is 1.33. The van der Waals surface area contributed by atoms with Crippen LogP contribution in [0.2, 0.25) is 0 Å². The first-order chi connectivity index (χ1) is 36.7. The van der Waals surface area contributed by atoms with E-state index in [9.17, 15) is 48.6 Å². The van der Waals surface area contributed by atoms with Crippen molar-refractivity contribution in [2.24, 2.45) is 28.3 Å². The summed E-state index contributed by atoms with van der Waals surface area (Å²) in [6.07, 6.45) is 3.72. The van der Waals surface area contributed by atoms with E-state index in [0.29, 0.717) is 29.7 Å². The highest BCUT2D eigenvalue weighted by molar-refractivity contribution is 5.98. The van der Waals surface area contributed by atoms with Gasteiger partial charge in [-0.05, 0) is 79.0 Å². The maximum absolute atomic E-state index is 14.6. The molecule has 4 aromatic rings. The Hall–Kier alpha value is -8.34. The normalized spacial score (nSPS) is 15.5. The van der Waals surface area contributed by atoms with Gasteiger partial charge in [0.05, 0.1) is 12.9 Å². The molecule has 0 spiro atoms. The molecule has 3 aromatic carbocycles. The Labute approximate surface area is 447 Å². The van der Waals surface area contributed by atoms with Gasteiger partial charge in [-0.15, -0.1) is 0 Å². The summed E-state index contributed by atoms with van der Waals surface area (Å²) in [4.78, 5) is 123. The van der Waals surface area contributed by atoms with E-state index in [1.807, 2.05) is 42.5 Å². The van der Waals surface area contributed by atoms with Gasteiger partial charge in [0.1, 0.15) is 48.0 Å². The number of aromatic amines is 1. The number of carbonyl (C=O) groups excluding carboxylic acids is 7. The number of hydrogen-bond acceptors (Lipinski definition) is 12. The number of guanidine groups is 1. The first kappa shape index (κ1) is 59.5. The molecule has 14 N–H and O–H groups in total. The summed E-state index contributed by atoms with van der Waals surface area (Å²) >= 11 is 0. The molecule has 1 aliphatic heterocycles. The molecule has 0 unspecified atom stereocenters. The van der Waals surface area contributed by atoms with Crippen LogP contribution in [0.4, 0.5) is 0 Å². The molecule has 23 heteroatoms. The summed E-state index contributed by atoms with van der Waals surface area (Å²) in [7, 11) is 1.57. The number of aromatic nitrogens is 2. The van der Waals surface area contributed by atoms with Gasteiger partial charge in [0.2, 0.25) is 41.4 Å². The van der Waals surface area contributed by atoms with Gasteiger partial charge in [-0.3, -0.25) is 38.6 Å². The molecule has 1 aromatic heterocycles. The van der Waals surface area contributed by atoms with Crippen molar-refractivity contribution in [2.45, 2.75) is 115 Å². The van der Waals surface area contributed by atoms with Crippen LogP contribution in [0, 0.1) is 11.8 Å². The zero-order valence-corrected chi connectivity index (χ0v) is 44.1. The van der Waals surface area contributed by atoms with E-state index in [0.717, 1.165) is 11.1 Å². The summed E-state index contributed by atoms with van der Waals surface area (Å²) < 4.78 is 0. The van der Waals surface area contributed by atoms with Gasteiger partial charge < -0.3 is 68.8 Å². The quantitative estimate of drug-likeness (QED) is 0.0208. The molecule has 77 heavy (non-hydrogen) atoms. The number of nitrogens with zero attached hydrogens (tertiary/aromatic N) is 3. The van der Waals surface area contributed by atoms with E-state index in [1.54, 1.807) is 59.0 Å². The predicted molar refractivity (Wildman–Crippen MR) is 287 cm³/mol. The molecule has 0 saturated carbocycles. The van der Waals surface area contributed by atoms with Crippen LogP contribution in [0.25, 0.3) is 11.1 Å². The number of carboxylic acid groups (broad SMARTS) is 1. The molecule has 0 radical (unpaired) electrons. The topological polar surface area (TPSA) is 358 Å². The number of imidazole rings is 1. The van der Waals surface area contributed by atoms with Gasteiger partial charge in [-0.2, -0.15) is 0 Å². The Morgan fingerprint density at radius 2 is 1.27 bits per heavy atom. The number of phenolic OH excluding ortho intramolecular Hbond substituents is 1. The van der Waals surface area contributed by atoms with E-state index in [-0.39, 0.29) is 63.4 Å². The second-order valence-electron chi connectivity index (χ2n) is 19.7. The van der Waals surface area contributed by atoms with Crippen LogP contribution >= 0.6 is 0 Å². The van der Waals surface area contributed by atoms with E-state index in [4.69, 9.17) is 11.5 Å². The molecule has 5 rings (SSSR count). The molecule has 23 nitrogen and oxygen atoms in total. The zero-order chi connectivity index (χ0) is 56.2. The zero-order valence-electron chi connectivity index (χ0n) is 44.1. The molecule has 7 amide bonds. The molecule has 1 fully saturated rings. The highest BCUT2D eigenvalue weighted by atomic mass is 16.4. The first-order valence-corrected chi connectivity index (χ1v) is 25.7. The molecule has 7 atom stereocenters. The second-order valence-corrected chi connectivity index (χ2v) is 19.7. The first-order valence-electron chi connectivity index (χ1n) is 25.7. The Morgan fingerprint density at radius 3 is 1.83 bits per heavy atom. The van der Waals surface area contributed by atoms with Crippen LogP contribution in [0.15, 0.2) is 96.4 Å². The summed E-state index contributed by atoms with van der Waals surface area (Å²) in [5.74, 6) is -7.31. The number of benzene rings is 3. The monoisotopic (exact) mass is 1060 g/mol. The smallest absolute Gasteiger partial charge is 0.326 e. The van der Waals surface area contributed by atoms with E-state index < -0.39 is 101 Å². The molecular formula is C54H73N13O10. The third kappa shape index (κ3) is 18.2. The molecule has 2 heterocycles. The van der Waals surface area contributed by atoms with Crippen molar-refractivity contribution in [3.63, 3.8) is 0 Å². The van der Waals surface area contributed by atoms with Crippen molar-refractivity contribution in [2.75, 3.05) is 26.7 Å². The lowest BCUT2D eigenvalue weighted by molar-refractivity contribution is -0.145. The predicted octanol–water partition coefficient (Wildman–Crippen LogP) is 0.380. The molecule has 1 aliphatic rings. The molecule has 414 valence electrons. The summed E-state index contributed by atoms with van der Waals surface area (Å²) in [6, 6.07) is 14.3. The Bertz CT molecular complexity index is 2640. The molecule has 1 saturated heterocycles. The van der Waals surface area contributed by atoms with Crippen LogP contribution < -0.4 is 48.7 Å². The maximum atomic E-state index is 14.6. The highest BCUT2D eigenvalue weighted by Gasteiger charge is 2.41. The minimum atomic E-state index is -1.36. The Morgan fingerprint density at radius 1 is 0.701 bits per heavy atom. The number of aliphatic carboxylic acids is 1. The highest BCUT2D eigenvalue weighted by Crippen LogP contribution is 2.23. The number of H-pyrrole nitrogens is 1. The average molecular weight is 1060 g/mol. The number of phenols is 1. The van der Waals surface area contributed by atoms with Crippen LogP contribution in [0.5, 0.6) is 5.75 Å². The maximum Gasteiger partial charge on any atom is 0.326 e. The fourth-order valence-corrected chi connectivity index (χ4v) is 8.84. The standard InChI is InChI=1S/C54H73N13O10/c1-31(2)45(65-47(70)39(61-44(69)29-57-5)13-9-23-59-54(55)56)50(73)62-40(25-34-17-21-38(68)22-18-34)48(71)66-46(32(3)4)51(74)63-41(27-37-28-58-30-60-37)52(75)67-24-10-14-43(67)49(72)64-42(53(76)77)26-33-15-19-36(20-16-33)35-11-7-6-8-12-35/h6-8,11-12,15-22,28,30-32,39-43,45-46,57,68H,9-10,13-14,23-27,29H2,1-5H3,(H,58,60)(H,61,69)(H,62,73)(H,63,74)(H,64,72)(H,65,70)(H,66,71)(H,76,77)(H4,55,56,59)/t39-,40-,41-,42+,43+,45-,46-/m0/s1. The largest absolute Gasteiger partial charge is 0.508 e. The number of carboxylic acids is 1. The van der Waals surface area contributed by atoms with Crippen LogP contribution in [0.3, 0.4) is 0 Å². The summed E-state index contributed by atoms with van der Waals surface area (Å²) in [5.41, 5.74) is 14.5. The number of likely N-dealkylation sites (N-methyl/N-ethyl adjacent to an activating group) is 1. The lowest BCUT2D eigenvalue weighted by atomic mass is 9.98. The van der Waals surface area contributed by atoms with Gasteiger partial charge in [-0.1, -0.05) is 94.4 Å². The number of carbonyl (C=O) groups is 8. The number of likely N-dealkylation sites (tertiary alicyclic amines) is 1. The Kier molecular flexibility index (Phi) is 22.5. The average Bonchev–Trinajstić information content (AvgIpc) is 4.12. The third-order valence-corrected chi connectivity index (χ3v) is 13.0. The van der Waals surface area contributed by atoms with Crippen LogP contribution in [-0.4, -0.2) is 147 Å². The number of rotatable bonds is 28. The molecule has 0 aliphatic carbocycles. The number of hydrogen-bond donors (Lipinski definition) is 12. The second kappa shape index (κ2) is 29.1. The summed E-state index contributed by atoms with van der Waals surface area (Å²) in [5, 5.41) is 39.3. The summed E-state index contributed by atoms with van der Waals surface area (Å²) in [6.45, 7) is 6.94. The van der Waals surface area contributed by atoms with Crippen molar-refractivity contribution in [3.05, 3.63) is 108 Å². The van der Waals surface area contributed by atoms with Gasteiger partial charge >= 0.3 is 5.97 Å². The van der Waals surface area contributed by atoms with Crippen molar-refractivity contribution in [1.82, 2.24) is 52.1 Å². The van der Waals surface area contributed by atoms with Crippen LogP contribution in [-0.2, 0) is 57.6 Å². The van der Waals surface area contributed by atoms with Crippen molar-refractivity contribution in [1.29, 1.82) is 0 Å². The number of nitrogens with two attached hydrogens (primary N) is 2. The number of nitrogens with one attached hydrogen (secondary N) is 8. The number of aliphatic imine (C=N–C) groups is 1. The van der Waals surface area contributed by atoms with Gasteiger partial charge in [0, 0.05) is 44.2 Å². The van der Waals surface area contributed by atoms with E-state index >= 15 is 0 Å².